The predicted molar refractivity (Wildman–Crippen MR) is 82.5 cm³/mol. The molecular formula is C15H24FN3O2. The number of aliphatic hydroxyl groups is 1. The van der Waals surface area contributed by atoms with Crippen molar-refractivity contribution in [3.63, 3.8) is 0 Å². The first-order valence-corrected chi connectivity index (χ1v) is 7.25. The first-order chi connectivity index (χ1) is 10.1. The Hall–Kier alpha value is -1.66. The highest BCUT2D eigenvalue weighted by Gasteiger charge is 2.10. The fraction of sp³-hybridized carbons (Fsp3) is 0.533. The Balaban J connectivity index is 2.46. The number of amides is 1. The van der Waals surface area contributed by atoms with E-state index in [1.807, 2.05) is 4.90 Å². The summed E-state index contributed by atoms with van der Waals surface area (Å²) >= 11 is 0. The molecule has 0 bridgehead atoms. The number of aliphatic hydroxyl groups excluding tert-OH is 1. The minimum absolute atomic E-state index is 0.0647. The van der Waals surface area contributed by atoms with Gasteiger partial charge in [0.15, 0.2) is 0 Å². The van der Waals surface area contributed by atoms with Crippen molar-refractivity contribution in [2.75, 3.05) is 37.3 Å². The van der Waals surface area contributed by atoms with Crippen LogP contribution >= 0.6 is 0 Å². The summed E-state index contributed by atoms with van der Waals surface area (Å²) in [4.78, 5) is 13.9. The molecule has 5 nitrogen and oxygen atoms in total. The van der Waals surface area contributed by atoms with Crippen molar-refractivity contribution in [3.8, 4) is 0 Å². The standard InChI is InChI=1S/C15H24FN3O2/c1-2-3-7-19(9-10-20)8-6-15(21)18-14-11-12(17)4-5-13(14)16/h4-5,11,20H,2-3,6-10,17H2,1H3,(H,18,21). The summed E-state index contributed by atoms with van der Waals surface area (Å²) in [5.74, 6) is -0.769. The number of carbonyl (C=O) groups excluding carboxylic acids is 1. The summed E-state index contributed by atoms with van der Waals surface area (Å²) in [6.07, 6.45) is 2.33. The number of nitrogens with one attached hydrogen (secondary N) is 1. The monoisotopic (exact) mass is 297 g/mol. The van der Waals surface area contributed by atoms with Crippen LogP contribution in [0, 0.1) is 5.82 Å². The first kappa shape index (κ1) is 17.4. The number of carbonyl (C=O) groups is 1. The van der Waals surface area contributed by atoms with E-state index in [2.05, 4.69) is 12.2 Å². The van der Waals surface area contributed by atoms with E-state index in [0.717, 1.165) is 19.4 Å². The lowest BCUT2D eigenvalue weighted by Gasteiger charge is -2.20. The van der Waals surface area contributed by atoms with Gasteiger partial charge in [-0.2, -0.15) is 0 Å². The van der Waals surface area contributed by atoms with Gasteiger partial charge in [-0.15, -0.1) is 0 Å². The molecule has 0 unspecified atom stereocenters. The molecule has 1 aromatic rings. The van der Waals surface area contributed by atoms with Crippen molar-refractivity contribution in [3.05, 3.63) is 24.0 Å². The van der Waals surface area contributed by atoms with Crippen LogP contribution in [-0.2, 0) is 4.79 Å². The highest BCUT2D eigenvalue weighted by atomic mass is 19.1. The van der Waals surface area contributed by atoms with Gasteiger partial charge in [-0.05, 0) is 31.2 Å². The lowest BCUT2D eigenvalue weighted by atomic mass is 10.2. The van der Waals surface area contributed by atoms with Crippen molar-refractivity contribution in [2.24, 2.45) is 0 Å². The molecular weight excluding hydrogens is 273 g/mol. The summed E-state index contributed by atoms with van der Waals surface area (Å²) < 4.78 is 13.5. The van der Waals surface area contributed by atoms with E-state index in [9.17, 15) is 9.18 Å². The minimum atomic E-state index is -0.504. The number of halogens is 1. The van der Waals surface area contributed by atoms with Crippen LogP contribution in [-0.4, -0.2) is 42.2 Å². The van der Waals surface area contributed by atoms with Crippen molar-refractivity contribution < 1.29 is 14.3 Å². The van der Waals surface area contributed by atoms with Crippen molar-refractivity contribution >= 4 is 17.3 Å². The van der Waals surface area contributed by atoms with Crippen LogP contribution in [0.1, 0.15) is 26.2 Å². The summed E-state index contributed by atoms with van der Waals surface area (Å²) in [5, 5.41) is 11.5. The molecule has 0 saturated carbocycles. The quantitative estimate of drug-likeness (QED) is 0.608. The fourth-order valence-corrected chi connectivity index (χ4v) is 1.97. The maximum Gasteiger partial charge on any atom is 0.225 e. The minimum Gasteiger partial charge on any atom is -0.399 e. The molecule has 1 amide bonds. The van der Waals surface area contributed by atoms with Gasteiger partial charge in [0.05, 0.1) is 12.3 Å². The zero-order chi connectivity index (χ0) is 15.7. The van der Waals surface area contributed by atoms with Gasteiger partial charge >= 0.3 is 0 Å². The number of nitrogens with zero attached hydrogens (tertiary/aromatic N) is 1. The summed E-state index contributed by atoms with van der Waals surface area (Å²) in [5.41, 5.74) is 6.06. The Morgan fingerprint density at radius 1 is 1.38 bits per heavy atom. The highest BCUT2D eigenvalue weighted by Crippen LogP contribution is 2.17. The summed E-state index contributed by atoms with van der Waals surface area (Å²) in [7, 11) is 0. The van der Waals surface area contributed by atoms with Crippen LogP contribution in [0.2, 0.25) is 0 Å². The van der Waals surface area contributed by atoms with E-state index in [0.29, 0.717) is 18.8 Å². The molecule has 0 spiro atoms. The average molecular weight is 297 g/mol. The normalized spacial score (nSPS) is 10.9. The Morgan fingerprint density at radius 2 is 2.14 bits per heavy atom. The molecule has 0 heterocycles. The Labute approximate surface area is 124 Å². The van der Waals surface area contributed by atoms with Crippen molar-refractivity contribution in [1.82, 2.24) is 4.90 Å². The summed E-state index contributed by atoms with van der Waals surface area (Å²) in [6.45, 7) is 4.08. The first-order valence-electron chi connectivity index (χ1n) is 7.25. The molecule has 0 aromatic heterocycles. The van der Waals surface area contributed by atoms with E-state index >= 15 is 0 Å². The highest BCUT2D eigenvalue weighted by molar-refractivity contribution is 5.91. The van der Waals surface area contributed by atoms with Crippen LogP contribution in [0.3, 0.4) is 0 Å². The fourth-order valence-electron chi connectivity index (χ4n) is 1.97. The van der Waals surface area contributed by atoms with Crippen LogP contribution < -0.4 is 11.1 Å². The maximum atomic E-state index is 13.5. The predicted octanol–water partition coefficient (Wildman–Crippen LogP) is 1.83. The van der Waals surface area contributed by atoms with E-state index < -0.39 is 5.82 Å². The lowest BCUT2D eigenvalue weighted by molar-refractivity contribution is -0.116. The van der Waals surface area contributed by atoms with Crippen LogP contribution in [0.5, 0.6) is 0 Å². The molecule has 118 valence electrons. The molecule has 4 N–H and O–H groups in total. The van der Waals surface area contributed by atoms with Gasteiger partial charge in [0.2, 0.25) is 5.91 Å². The number of rotatable bonds is 9. The summed E-state index contributed by atoms with van der Waals surface area (Å²) in [6, 6.07) is 4.07. The lowest BCUT2D eigenvalue weighted by Crippen LogP contribution is -2.31. The van der Waals surface area contributed by atoms with Gasteiger partial charge in [0.25, 0.3) is 0 Å². The van der Waals surface area contributed by atoms with Crippen LogP contribution in [0.25, 0.3) is 0 Å². The van der Waals surface area contributed by atoms with E-state index in [4.69, 9.17) is 10.8 Å². The molecule has 0 radical (unpaired) electrons. The number of unbranched alkanes of at least 4 members (excludes halogenated alkanes) is 1. The maximum absolute atomic E-state index is 13.5. The molecule has 0 aliphatic carbocycles. The van der Waals surface area contributed by atoms with Crippen molar-refractivity contribution in [1.29, 1.82) is 0 Å². The second kappa shape index (κ2) is 9.31. The Kier molecular flexibility index (Phi) is 7.71. The molecule has 0 saturated heterocycles. The molecule has 21 heavy (non-hydrogen) atoms. The largest absolute Gasteiger partial charge is 0.399 e. The van der Waals surface area contributed by atoms with Gasteiger partial charge in [-0.1, -0.05) is 13.3 Å². The zero-order valence-corrected chi connectivity index (χ0v) is 12.4. The third-order valence-corrected chi connectivity index (χ3v) is 3.16. The number of hydrogen-bond donors (Lipinski definition) is 3. The molecule has 6 heteroatoms. The van der Waals surface area contributed by atoms with Gasteiger partial charge in [-0.25, -0.2) is 4.39 Å². The second-order valence-corrected chi connectivity index (χ2v) is 4.96. The smallest absolute Gasteiger partial charge is 0.225 e. The number of benzene rings is 1. The Morgan fingerprint density at radius 3 is 2.81 bits per heavy atom. The molecule has 0 aliphatic heterocycles. The van der Waals surface area contributed by atoms with E-state index in [1.165, 1.54) is 18.2 Å². The zero-order valence-electron chi connectivity index (χ0n) is 12.4. The van der Waals surface area contributed by atoms with Gasteiger partial charge < -0.3 is 21.1 Å². The SMILES string of the molecule is CCCCN(CCO)CCC(=O)Nc1cc(N)ccc1F. The van der Waals surface area contributed by atoms with Gasteiger partial charge in [-0.3, -0.25) is 4.79 Å². The second-order valence-electron chi connectivity index (χ2n) is 4.96. The average Bonchev–Trinajstić information content (AvgIpc) is 2.46. The number of nitrogens with two attached hydrogens (primary N) is 1. The number of nitrogen functional groups attached to an aromatic ring is 1. The van der Waals surface area contributed by atoms with Crippen LogP contribution in [0.4, 0.5) is 15.8 Å². The molecule has 0 aliphatic rings. The Bertz CT molecular complexity index is 455. The number of anilines is 2. The van der Waals surface area contributed by atoms with E-state index in [1.54, 1.807) is 0 Å². The topological polar surface area (TPSA) is 78.6 Å². The molecule has 1 aromatic carbocycles. The number of hydrogen-bond acceptors (Lipinski definition) is 4. The van der Waals surface area contributed by atoms with Crippen LogP contribution in [0.15, 0.2) is 18.2 Å². The third-order valence-electron chi connectivity index (χ3n) is 3.16. The van der Waals surface area contributed by atoms with E-state index in [-0.39, 0.29) is 24.6 Å². The van der Waals surface area contributed by atoms with Crippen molar-refractivity contribution in [2.45, 2.75) is 26.2 Å². The van der Waals surface area contributed by atoms with Gasteiger partial charge in [0, 0.05) is 25.2 Å². The molecule has 1 rings (SSSR count). The third kappa shape index (κ3) is 6.55. The molecule has 0 atom stereocenters. The van der Waals surface area contributed by atoms with Gasteiger partial charge in [0.1, 0.15) is 5.82 Å². The molecule has 0 fully saturated rings.